The molecule has 1 saturated heterocycles. The van der Waals surface area contributed by atoms with E-state index in [0.717, 1.165) is 32.1 Å². The van der Waals surface area contributed by atoms with Gasteiger partial charge in [0.2, 0.25) is 15.9 Å². The van der Waals surface area contributed by atoms with E-state index in [9.17, 15) is 13.2 Å². The molecule has 1 aliphatic heterocycles. The van der Waals surface area contributed by atoms with E-state index < -0.39 is 10.0 Å². The van der Waals surface area contributed by atoms with Crippen molar-refractivity contribution in [1.82, 2.24) is 9.62 Å². The molecule has 1 aliphatic rings. The van der Waals surface area contributed by atoms with Crippen molar-refractivity contribution in [3.05, 3.63) is 0 Å². The van der Waals surface area contributed by atoms with Crippen molar-refractivity contribution in [1.29, 1.82) is 0 Å². The zero-order valence-electron chi connectivity index (χ0n) is 11.6. The Hall–Kier alpha value is -0.330. The number of nitrogens with one attached hydrogen (secondary N) is 1. The van der Waals surface area contributed by atoms with Gasteiger partial charge in [0.1, 0.15) is 0 Å². The van der Waals surface area contributed by atoms with Crippen molar-refractivity contribution in [2.24, 2.45) is 5.92 Å². The van der Waals surface area contributed by atoms with E-state index in [-0.39, 0.29) is 17.9 Å². The lowest BCUT2D eigenvalue weighted by Crippen LogP contribution is -2.47. The highest BCUT2D eigenvalue weighted by Crippen LogP contribution is 2.21. The van der Waals surface area contributed by atoms with Gasteiger partial charge >= 0.3 is 0 Å². The third-order valence-corrected chi connectivity index (χ3v) is 4.60. The smallest absolute Gasteiger partial charge is 0.226 e. The number of rotatable bonds is 6. The summed E-state index contributed by atoms with van der Waals surface area (Å²) in [5.41, 5.74) is 0. The predicted molar refractivity (Wildman–Crippen MR) is 76.7 cm³/mol. The van der Waals surface area contributed by atoms with Gasteiger partial charge in [-0.05, 0) is 25.7 Å². The fraction of sp³-hybridized carbons (Fsp3) is 0.917. The SMILES string of the molecule is CC(CCl)C(=O)N1CCCCC1CCNS(C)(=O)=O. The second-order valence-electron chi connectivity index (χ2n) is 5.19. The molecule has 7 heteroatoms. The summed E-state index contributed by atoms with van der Waals surface area (Å²) in [5, 5.41) is 0. The number of sulfonamides is 1. The van der Waals surface area contributed by atoms with E-state index in [4.69, 9.17) is 11.6 Å². The summed E-state index contributed by atoms with van der Waals surface area (Å²) in [4.78, 5) is 14.1. The first-order chi connectivity index (χ1) is 8.85. The second kappa shape index (κ2) is 7.45. The molecule has 1 N–H and O–H groups in total. The van der Waals surface area contributed by atoms with Crippen LogP contribution in [0.3, 0.4) is 0 Å². The predicted octanol–water partition coefficient (Wildman–Crippen LogP) is 1.18. The summed E-state index contributed by atoms with van der Waals surface area (Å²) < 4.78 is 24.5. The molecule has 5 nitrogen and oxygen atoms in total. The first-order valence-corrected chi connectivity index (χ1v) is 9.09. The maximum atomic E-state index is 12.2. The lowest BCUT2D eigenvalue weighted by Gasteiger charge is -2.37. The lowest BCUT2D eigenvalue weighted by atomic mass is 9.97. The molecule has 112 valence electrons. The van der Waals surface area contributed by atoms with E-state index in [1.807, 2.05) is 11.8 Å². The van der Waals surface area contributed by atoms with Crippen LogP contribution in [-0.4, -0.2) is 50.5 Å². The average molecular weight is 311 g/mol. The molecule has 1 fully saturated rings. The molecular weight excluding hydrogens is 288 g/mol. The van der Waals surface area contributed by atoms with Gasteiger partial charge in [0.25, 0.3) is 0 Å². The van der Waals surface area contributed by atoms with Gasteiger partial charge in [0, 0.05) is 30.9 Å². The standard InChI is InChI=1S/C12H23ClN2O3S/c1-10(9-13)12(16)15-8-4-3-5-11(15)6-7-14-19(2,17)18/h10-11,14H,3-9H2,1-2H3. The van der Waals surface area contributed by atoms with Crippen LogP contribution in [0.4, 0.5) is 0 Å². The van der Waals surface area contributed by atoms with E-state index >= 15 is 0 Å². The molecule has 0 aromatic rings. The molecule has 1 heterocycles. The fourth-order valence-corrected chi connectivity index (χ4v) is 2.97. The summed E-state index contributed by atoms with van der Waals surface area (Å²) >= 11 is 5.74. The van der Waals surface area contributed by atoms with Crippen molar-refractivity contribution >= 4 is 27.5 Å². The molecule has 0 bridgehead atoms. The summed E-state index contributed by atoms with van der Waals surface area (Å²) in [7, 11) is -3.16. The van der Waals surface area contributed by atoms with Crippen LogP contribution in [0.1, 0.15) is 32.6 Å². The topological polar surface area (TPSA) is 66.5 Å². The van der Waals surface area contributed by atoms with Crippen LogP contribution >= 0.6 is 11.6 Å². The Morgan fingerprint density at radius 2 is 2.16 bits per heavy atom. The number of alkyl halides is 1. The first kappa shape index (κ1) is 16.7. The summed E-state index contributed by atoms with van der Waals surface area (Å²) in [6.45, 7) is 2.96. The van der Waals surface area contributed by atoms with Crippen LogP contribution in [0, 0.1) is 5.92 Å². The number of carbonyl (C=O) groups excluding carboxylic acids is 1. The van der Waals surface area contributed by atoms with Gasteiger partial charge in [0.15, 0.2) is 0 Å². The number of hydrogen-bond acceptors (Lipinski definition) is 3. The fourth-order valence-electron chi connectivity index (χ4n) is 2.35. The lowest BCUT2D eigenvalue weighted by molar-refractivity contribution is -0.138. The Morgan fingerprint density at radius 3 is 2.74 bits per heavy atom. The molecule has 0 radical (unpaired) electrons. The number of carbonyl (C=O) groups is 1. The number of halogens is 1. The molecule has 1 rings (SSSR count). The summed E-state index contributed by atoms with van der Waals surface area (Å²) in [6.07, 6.45) is 4.84. The number of piperidine rings is 1. The number of likely N-dealkylation sites (tertiary alicyclic amines) is 1. The Balaban J connectivity index is 2.55. The number of amides is 1. The quantitative estimate of drug-likeness (QED) is 0.749. The number of nitrogens with zero attached hydrogens (tertiary/aromatic N) is 1. The minimum atomic E-state index is -3.16. The van der Waals surface area contributed by atoms with Gasteiger partial charge in [-0.25, -0.2) is 13.1 Å². The van der Waals surface area contributed by atoms with Crippen LogP contribution < -0.4 is 4.72 Å². The third kappa shape index (κ3) is 5.67. The zero-order valence-corrected chi connectivity index (χ0v) is 13.1. The molecule has 0 aliphatic carbocycles. The molecule has 0 spiro atoms. The monoisotopic (exact) mass is 310 g/mol. The van der Waals surface area contributed by atoms with Crippen molar-refractivity contribution in [3.8, 4) is 0 Å². The normalized spacial score (nSPS) is 22.3. The van der Waals surface area contributed by atoms with E-state index in [1.54, 1.807) is 0 Å². The van der Waals surface area contributed by atoms with E-state index in [1.165, 1.54) is 0 Å². The van der Waals surface area contributed by atoms with Crippen LogP contribution in [0.5, 0.6) is 0 Å². The largest absolute Gasteiger partial charge is 0.339 e. The highest BCUT2D eigenvalue weighted by atomic mass is 35.5. The molecule has 2 atom stereocenters. The van der Waals surface area contributed by atoms with Gasteiger partial charge in [0.05, 0.1) is 6.26 Å². The van der Waals surface area contributed by atoms with Gasteiger partial charge in [-0.1, -0.05) is 6.92 Å². The van der Waals surface area contributed by atoms with Crippen molar-refractivity contribution in [3.63, 3.8) is 0 Å². The van der Waals surface area contributed by atoms with E-state index in [2.05, 4.69) is 4.72 Å². The van der Waals surface area contributed by atoms with Gasteiger partial charge in [-0.15, -0.1) is 11.6 Å². The van der Waals surface area contributed by atoms with Crippen molar-refractivity contribution in [2.45, 2.75) is 38.6 Å². The van der Waals surface area contributed by atoms with Gasteiger partial charge in [-0.3, -0.25) is 4.79 Å². The average Bonchev–Trinajstić information content (AvgIpc) is 2.36. The Bertz CT molecular complexity index is 400. The maximum absolute atomic E-state index is 12.2. The third-order valence-electron chi connectivity index (χ3n) is 3.41. The molecule has 0 saturated carbocycles. The Kier molecular flexibility index (Phi) is 6.56. The molecule has 19 heavy (non-hydrogen) atoms. The van der Waals surface area contributed by atoms with Crippen LogP contribution in [-0.2, 0) is 14.8 Å². The van der Waals surface area contributed by atoms with Crippen molar-refractivity contribution < 1.29 is 13.2 Å². The van der Waals surface area contributed by atoms with Gasteiger partial charge in [-0.2, -0.15) is 0 Å². The number of hydrogen-bond donors (Lipinski definition) is 1. The molecule has 0 aromatic heterocycles. The highest BCUT2D eigenvalue weighted by molar-refractivity contribution is 7.88. The van der Waals surface area contributed by atoms with Gasteiger partial charge < -0.3 is 4.90 Å². The molecule has 2 unspecified atom stereocenters. The van der Waals surface area contributed by atoms with E-state index in [0.29, 0.717) is 18.8 Å². The zero-order chi connectivity index (χ0) is 14.5. The highest BCUT2D eigenvalue weighted by Gasteiger charge is 2.28. The van der Waals surface area contributed by atoms with Crippen LogP contribution in [0.25, 0.3) is 0 Å². The molecule has 1 amide bonds. The van der Waals surface area contributed by atoms with Crippen LogP contribution in [0.2, 0.25) is 0 Å². The molecule has 0 aromatic carbocycles. The Labute approximate surface area is 120 Å². The molecular formula is C12H23ClN2O3S. The second-order valence-corrected chi connectivity index (χ2v) is 7.33. The Morgan fingerprint density at radius 1 is 1.47 bits per heavy atom. The first-order valence-electron chi connectivity index (χ1n) is 6.66. The van der Waals surface area contributed by atoms with Crippen LogP contribution in [0.15, 0.2) is 0 Å². The van der Waals surface area contributed by atoms with Crippen molar-refractivity contribution in [2.75, 3.05) is 25.2 Å². The summed E-state index contributed by atoms with van der Waals surface area (Å²) in [6, 6.07) is 0.126. The minimum Gasteiger partial charge on any atom is -0.339 e. The minimum absolute atomic E-state index is 0.0825. The summed E-state index contributed by atoms with van der Waals surface area (Å²) in [5.74, 6) is 0.230. The maximum Gasteiger partial charge on any atom is 0.226 e.